The summed E-state index contributed by atoms with van der Waals surface area (Å²) in [5.41, 5.74) is 0.914. The van der Waals surface area contributed by atoms with Gasteiger partial charge in [0.1, 0.15) is 0 Å². The highest BCUT2D eigenvalue weighted by Crippen LogP contribution is 2.16. The minimum atomic E-state index is 0.0106. The lowest BCUT2D eigenvalue weighted by atomic mass is 10.3. The van der Waals surface area contributed by atoms with Gasteiger partial charge in [0, 0.05) is 12.2 Å². The maximum Gasteiger partial charge on any atom is 0.323 e. The van der Waals surface area contributed by atoms with Crippen LogP contribution in [0, 0.1) is 0 Å². The molecule has 0 saturated carbocycles. The fourth-order valence-electron chi connectivity index (χ4n) is 1.56. The molecule has 20 heavy (non-hydrogen) atoms. The van der Waals surface area contributed by atoms with Gasteiger partial charge in [-0.1, -0.05) is 18.2 Å². The lowest BCUT2D eigenvalue weighted by Crippen LogP contribution is -2.12. The summed E-state index contributed by atoms with van der Waals surface area (Å²) in [5.74, 6) is 0.953. The highest BCUT2D eigenvalue weighted by Gasteiger charge is 2.08. The number of nitrogens with zero attached hydrogens (tertiary/aromatic N) is 3. The molecule has 0 atom stereocenters. The molecule has 0 fully saturated rings. The van der Waals surface area contributed by atoms with Gasteiger partial charge in [-0.3, -0.25) is 0 Å². The normalized spacial score (nSPS) is 10.4. The molecule has 0 spiro atoms. The van der Waals surface area contributed by atoms with Crippen LogP contribution in [-0.4, -0.2) is 27.6 Å². The van der Waals surface area contributed by atoms with Crippen molar-refractivity contribution in [3.8, 4) is 6.01 Å². The number of hydrogen-bond donors (Lipinski definition) is 2. The SMILES string of the molecule is CCNc1nc(Nc2ccccc2)nc(OC(C)C)n1. The maximum atomic E-state index is 5.54. The van der Waals surface area contributed by atoms with Crippen molar-refractivity contribution >= 4 is 17.6 Å². The smallest absolute Gasteiger partial charge is 0.323 e. The number of nitrogens with one attached hydrogen (secondary N) is 2. The third-order valence-electron chi connectivity index (χ3n) is 2.32. The van der Waals surface area contributed by atoms with E-state index in [9.17, 15) is 0 Å². The highest BCUT2D eigenvalue weighted by atomic mass is 16.5. The Labute approximate surface area is 118 Å². The first-order chi connectivity index (χ1) is 9.67. The summed E-state index contributed by atoms with van der Waals surface area (Å²) in [6, 6.07) is 10.0. The molecule has 0 saturated heterocycles. The first-order valence-corrected chi connectivity index (χ1v) is 6.66. The summed E-state index contributed by atoms with van der Waals surface area (Å²) in [4.78, 5) is 12.8. The van der Waals surface area contributed by atoms with E-state index in [2.05, 4.69) is 25.6 Å². The van der Waals surface area contributed by atoms with Crippen molar-refractivity contribution < 1.29 is 4.74 Å². The largest absolute Gasteiger partial charge is 0.461 e. The van der Waals surface area contributed by atoms with Crippen LogP contribution in [0.2, 0.25) is 0 Å². The summed E-state index contributed by atoms with van der Waals surface area (Å²) in [5, 5.41) is 6.20. The molecule has 1 aromatic carbocycles. The Kier molecular flexibility index (Phi) is 4.70. The van der Waals surface area contributed by atoms with Crippen LogP contribution in [0.25, 0.3) is 0 Å². The van der Waals surface area contributed by atoms with Crippen LogP contribution in [0.5, 0.6) is 6.01 Å². The van der Waals surface area contributed by atoms with Crippen LogP contribution in [0.15, 0.2) is 30.3 Å². The molecule has 6 heteroatoms. The maximum absolute atomic E-state index is 5.54. The molecule has 2 N–H and O–H groups in total. The predicted molar refractivity (Wildman–Crippen MR) is 79.5 cm³/mol. The van der Waals surface area contributed by atoms with Gasteiger partial charge in [-0.25, -0.2) is 0 Å². The zero-order valence-electron chi connectivity index (χ0n) is 11.9. The van der Waals surface area contributed by atoms with Gasteiger partial charge in [0.2, 0.25) is 11.9 Å². The first-order valence-electron chi connectivity index (χ1n) is 6.66. The van der Waals surface area contributed by atoms with Crippen molar-refractivity contribution in [2.45, 2.75) is 26.9 Å². The molecule has 0 amide bonds. The molecule has 2 aromatic rings. The van der Waals surface area contributed by atoms with E-state index in [0.29, 0.717) is 17.9 Å². The van der Waals surface area contributed by atoms with E-state index in [1.165, 1.54) is 0 Å². The summed E-state index contributed by atoms with van der Waals surface area (Å²) in [6.45, 7) is 6.58. The Morgan fingerprint density at radius 1 is 1.05 bits per heavy atom. The van der Waals surface area contributed by atoms with Crippen LogP contribution in [-0.2, 0) is 0 Å². The minimum absolute atomic E-state index is 0.0106. The van der Waals surface area contributed by atoms with Gasteiger partial charge in [0.15, 0.2) is 0 Å². The highest BCUT2D eigenvalue weighted by molar-refractivity contribution is 5.53. The van der Waals surface area contributed by atoms with Crippen molar-refractivity contribution in [1.29, 1.82) is 0 Å². The molecule has 0 aliphatic carbocycles. The van der Waals surface area contributed by atoms with E-state index in [1.807, 2.05) is 51.1 Å². The van der Waals surface area contributed by atoms with Gasteiger partial charge in [0.05, 0.1) is 6.10 Å². The number of rotatable bonds is 6. The lowest BCUT2D eigenvalue weighted by molar-refractivity contribution is 0.222. The van der Waals surface area contributed by atoms with E-state index in [1.54, 1.807) is 0 Å². The van der Waals surface area contributed by atoms with Crippen LogP contribution in [0.4, 0.5) is 17.6 Å². The zero-order chi connectivity index (χ0) is 14.4. The quantitative estimate of drug-likeness (QED) is 0.843. The second kappa shape index (κ2) is 6.70. The number of anilines is 3. The second-order valence-electron chi connectivity index (χ2n) is 4.45. The van der Waals surface area contributed by atoms with Crippen molar-refractivity contribution in [1.82, 2.24) is 15.0 Å². The molecule has 2 rings (SSSR count). The number of benzene rings is 1. The second-order valence-corrected chi connectivity index (χ2v) is 4.45. The first kappa shape index (κ1) is 14.0. The van der Waals surface area contributed by atoms with Crippen molar-refractivity contribution in [3.05, 3.63) is 30.3 Å². The molecule has 0 bridgehead atoms. The third kappa shape index (κ3) is 4.08. The summed E-state index contributed by atoms with van der Waals surface area (Å²) >= 11 is 0. The van der Waals surface area contributed by atoms with E-state index in [-0.39, 0.29) is 6.10 Å². The molecule has 0 unspecified atom stereocenters. The van der Waals surface area contributed by atoms with Gasteiger partial charge < -0.3 is 15.4 Å². The predicted octanol–water partition coefficient (Wildman–Crippen LogP) is 2.83. The van der Waals surface area contributed by atoms with E-state index >= 15 is 0 Å². The molecule has 6 nitrogen and oxygen atoms in total. The molecule has 0 aliphatic heterocycles. The van der Waals surface area contributed by atoms with Gasteiger partial charge >= 0.3 is 6.01 Å². The van der Waals surface area contributed by atoms with E-state index in [4.69, 9.17) is 4.74 Å². The third-order valence-corrected chi connectivity index (χ3v) is 2.32. The number of para-hydroxylation sites is 1. The topological polar surface area (TPSA) is 72.0 Å². The average Bonchev–Trinajstić information content (AvgIpc) is 2.39. The Bertz CT molecular complexity index is 545. The fraction of sp³-hybridized carbons (Fsp3) is 0.357. The molecule has 0 aliphatic rings. The summed E-state index contributed by atoms with van der Waals surface area (Å²) in [6.07, 6.45) is 0.0106. The Hall–Kier alpha value is -2.37. The van der Waals surface area contributed by atoms with Crippen LogP contribution in [0.3, 0.4) is 0 Å². The molecule has 1 aromatic heterocycles. The van der Waals surface area contributed by atoms with Crippen molar-refractivity contribution in [2.24, 2.45) is 0 Å². The minimum Gasteiger partial charge on any atom is -0.461 e. The van der Waals surface area contributed by atoms with Crippen molar-refractivity contribution in [2.75, 3.05) is 17.2 Å². The average molecular weight is 273 g/mol. The molecular weight excluding hydrogens is 254 g/mol. The summed E-state index contributed by atoms with van der Waals surface area (Å²) in [7, 11) is 0. The molecule has 106 valence electrons. The standard InChI is InChI=1S/C14H19N5O/c1-4-15-12-17-13(16-11-8-6-5-7-9-11)19-14(18-12)20-10(2)3/h5-10H,4H2,1-3H3,(H2,15,16,17,18,19). The Morgan fingerprint density at radius 3 is 2.40 bits per heavy atom. The van der Waals surface area contributed by atoms with Gasteiger partial charge in [-0.15, -0.1) is 0 Å². The Morgan fingerprint density at radius 2 is 1.75 bits per heavy atom. The number of aromatic nitrogens is 3. The summed E-state index contributed by atoms with van der Waals surface area (Å²) < 4.78 is 5.54. The lowest BCUT2D eigenvalue weighted by Gasteiger charge is -2.11. The Balaban J connectivity index is 2.24. The number of ether oxygens (including phenoxy) is 1. The fourth-order valence-corrected chi connectivity index (χ4v) is 1.56. The zero-order valence-corrected chi connectivity index (χ0v) is 11.9. The van der Waals surface area contributed by atoms with E-state index < -0.39 is 0 Å². The van der Waals surface area contributed by atoms with Gasteiger partial charge in [-0.05, 0) is 32.9 Å². The molecular formula is C14H19N5O. The van der Waals surface area contributed by atoms with Crippen LogP contribution >= 0.6 is 0 Å². The monoisotopic (exact) mass is 273 g/mol. The van der Waals surface area contributed by atoms with Crippen LogP contribution in [0.1, 0.15) is 20.8 Å². The van der Waals surface area contributed by atoms with E-state index in [0.717, 1.165) is 12.2 Å². The molecule has 1 heterocycles. The van der Waals surface area contributed by atoms with Crippen LogP contribution < -0.4 is 15.4 Å². The molecule has 0 radical (unpaired) electrons. The number of hydrogen-bond acceptors (Lipinski definition) is 6. The van der Waals surface area contributed by atoms with Gasteiger partial charge in [-0.2, -0.15) is 15.0 Å². The van der Waals surface area contributed by atoms with Gasteiger partial charge in [0.25, 0.3) is 0 Å². The van der Waals surface area contributed by atoms with Crippen molar-refractivity contribution in [3.63, 3.8) is 0 Å².